The molecule has 2 N–H and O–H groups in total. The molecule has 2 unspecified atom stereocenters. The summed E-state index contributed by atoms with van der Waals surface area (Å²) in [5.74, 6) is -1.07. The molecule has 0 amide bonds. The average molecular weight is 257 g/mol. The first-order valence-corrected chi connectivity index (χ1v) is 6.28. The molecule has 0 bridgehead atoms. The lowest BCUT2D eigenvalue weighted by Gasteiger charge is -2.08. The second kappa shape index (κ2) is 6.48. The molecule has 0 heterocycles. The normalized spacial score (nSPS) is 14.2. The van der Waals surface area contributed by atoms with Gasteiger partial charge in [0.25, 0.3) is 0 Å². The minimum Gasteiger partial charge on any atom is -0.480 e. The predicted molar refractivity (Wildman–Crippen MR) is 63.5 cm³/mol. The Labute approximate surface area is 102 Å². The van der Waals surface area contributed by atoms with E-state index in [0.29, 0.717) is 4.90 Å². The van der Waals surface area contributed by atoms with Crippen molar-refractivity contribution < 1.29 is 18.4 Å². The third-order valence-corrected chi connectivity index (χ3v) is 3.10. The number of aryl methyl sites for hydroxylation is 1. The molecule has 0 spiro atoms. The maximum atomic E-state index is 11.6. The number of aliphatic carboxylic acids is 1. The van der Waals surface area contributed by atoms with Crippen molar-refractivity contribution in [3.8, 4) is 0 Å². The summed E-state index contributed by atoms with van der Waals surface area (Å²) in [5.41, 5.74) is 3.35. The molecule has 0 fully saturated rings. The van der Waals surface area contributed by atoms with Gasteiger partial charge >= 0.3 is 5.97 Å². The van der Waals surface area contributed by atoms with Crippen LogP contribution in [0.4, 0.5) is 0 Å². The molecule has 6 heteroatoms. The van der Waals surface area contributed by atoms with Gasteiger partial charge in [0.05, 0.1) is 4.90 Å². The lowest BCUT2D eigenvalue weighted by molar-refractivity contribution is -0.140. The Hall–Kier alpha value is -1.24. The Kier molecular flexibility index (Phi) is 5.27. The van der Waals surface area contributed by atoms with Crippen molar-refractivity contribution in [2.45, 2.75) is 31.2 Å². The molecule has 1 rings (SSSR count). The molecule has 0 aliphatic carbocycles. The molecular weight excluding hydrogens is 242 g/mol. The molecule has 0 saturated heterocycles. The van der Waals surface area contributed by atoms with Crippen LogP contribution in [0, 0.1) is 0 Å². The Bertz CT molecular complexity index is 404. The third-order valence-electron chi connectivity index (χ3n) is 2.20. The van der Waals surface area contributed by atoms with E-state index in [4.69, 9.17) is 9.39 Å². The Morgan fingerprint density at radius 2 is 2.06 bits per heavy atom. The molecule has 0 aliphatic heterocycles. The monoisotopic (exact) mass is 257 g/mol. The molecule has 17 heavy (non-hydrogen) atoms. The van der Waals surface area contributed by atoms with Crippen LogP contribution < -0.4 is 5.48 Å². The summed E-state index contributed by atoms with van der Waals surface area (Å²) in [4.78, 5) is 11.0. The van der Waals surface area contributed by atoms with E-state index in [2.05, 4.69) is 5.48 Å². The van der Waals surface area contributed by atoms with Gasteiger partial charge in [-0.1, -0.05) is 19.1 Å². The summed E-state index contributed by atoms with van der Waals surface area (Å²) in [7, 11) is 0. The van der Waals surface area contributed by atoms with Gasteiger partial charge in [0.2, 0.25) is 11.1 Å². The van der Waals surface area contributed by atoms with E-state index in [-0.39, 0.29) is 0 Å². The Morgan fingerprint density at radius 3 is 2.53 bits per heavy atom. The van der Waals surface area contributed by atoms with Crippen LogP contribution in [0.3, 0.4) is 0 Å². The minimum atomic E-state index is -1.71. The summed E-state index contributed by atoms with van der Waals surface area (Å²) >= 11 is -1.71. The van der Waals surface area contributed by atoms with Crippen molar-refractivity contribution in [1.29, 1.82) is 0 Å². The van der Waals surface area contributed by atoms with Gasteiger partial charge in [-0.25, -0.2) is 4.21 Å². The number of carbonyl (C=O) groups is 1. The topological polar surface area (TPSA) is 75.6 Å². The zero-order valence-electron chi connectivity index (χ0n) is 9.67. The molecular formula is C11H15NO4S. The minimum absolute atomic E-state index is 0.493. The summed E-state index contributed by atoms with van der Waals surface area (Å²) in [6, 6.07) is 6.20. The lowest BCUT2D eigenvalue weighted by atomic mass is 10.2. The molecule has 0 radical (unpaired) electrons. The second-order valence-electron chi connectivity index (χ2n) is 3.49. The predicted octanol–water partition coefficient (Wildman–Crippen LogP) is 1.27. The number of hydrogen-bond donors (Lipinski definition) is 2. The highest BCUT2D eigenvalue weighted by Gasteiger charge is 2.13. The van der Waals surface area contributed by atoms with E-state index in [9.17, 15) is 9.00 Å². The van der Waals surface area contributed by atoms with E-state index < -0.39 is 23.1 Å². The van der Waals surface area contributed by atoms with Crippen molar-refractivity contribution in [3.63, 3.8) is 0 Å². The van der Waals surface area contributed by atoms with Gasteiger partial charge in [0.15, 0.2) is 0 Å². The standard InChI is InChI=1S/C11H15NO4S/c1-3-9-4-6-10(7-5-9)17(15)16-12-8(2)11(13)14/h4-8,12H,3H2,1-2H3,(H,13,14). The largest absolute Gasteiger partial charge is 0.480 e. The second-order valence-corrected chi connectivity index (χ2v) is 4.60. The zero-order valence-corrected chi connectivity index (χ0v) is 10.5. The van der Waals surface area contributed by atoms with E-state index in [1.807, 2.05) is 19.1 Å². The van der Waals surface area contributed by atoms with Crippen molar-refractivity contribution in [2.24, 2.45) is 0 Å². The van der Waals surface area contributed by atoms with Gasteiger partial charge in [-0.2, -0.15) is 9.76 Å². The van der Waals surface area contributed by atoms with Crippen molar-refractivity contribution in [2.75, 3.05) is 0 Å². The maximum Gasteiger partial charge on any atom is 0.322 e. The smallest absolute Gasteiger partial charge is 0.322 e. The molecule has 94 valence electrons. The van der Waals surface area contributed by atoms with Crippen LogP contribution in [0.2, 0.25) is 0 Å². The first kappa shape index (κ1) is 13.8. The van der Waals surface area contributed by atoms with Crippen LogP contribution in [0.25, 0.3) is 0 Å². The van der Waals surface area contributed by atoms with Crippen LogP contribution in [0.15, 0.2) is 29.2 Å². The van der Waals surface area contributed by atoms with E-state index >= 15 is 0 Å². The van der Waals surface area contributed by atoms with Crippen LogP contribution in [-0.4, -0.2) is 21.3 Å². The number of carboxylic acid groups (broad SMARTS) is 1. The summed E-state index contributed by atoms with van der Waals surface area (Å²) in [5, 5.41) is 8.59. The fourth-order valence-electron chi connectivity index (χ4n) is 1.05. The molecule has 5 nitrogen and oxygen atoms in total. The van der Waals surface area contributed by atoms with Crippen molar-refractivity contribution >= 4 is 17.0 Å². The van der Waals surface area contributed by atoms with E-state index in [1.165, 1.54) is 6.92 Å². The number of hydroxylamine groups is 1. The Morgan fingerprint density at radius 1 is 1.47 bits per heavy atom. The first-order valence-electron chi connectivity index (χ1n) is 5.21. The Balaban J connectivity index is 2.55. The number of carboxylic acids is 1. The summed E-state index contributed by atoms with van der Waals surface area (Å²) in [6.45, 7) is 3.43. The molecule has 1 aromatic rings. The van der Waals surface area contributed by atoms with Gasteiger partial charge in [0, 0.05) is 0 Å². The number of rotatable bonds is 6. The number of hydrogen-bond acceptors (Lipinski definition) is 4. The highest BCUT2D eigenvalue weighted by Crippen LogP contribution is 2.09. The molecule has 1 aromatic carbocycles. The first-order chi connectivity index (χ1) is 8.04. The molecule has 2 atom stereocenters. The summed E-state index contributed by atoms with van der Waals surface area (Å²) in [6.07, 6.45) is 0.905. The van der Waals surface area contributed by atoms with Crippen LogP contribution in [0.1, 0.15) is 19.4 Å². The van der Waals surface area contributed by atoms with Crippen molar-refractivity contribution in [1.82, 2.24) is 5.48 Å². The average Bonchev–Trinajstić information content (AvgIpc) is 2.35. The van der Waals surface area contributed by atoms with Gasteiger partial charge in [0.1, 0.15) is 6.04 Å². The van der Waals surface area contributed by atoms with Crippen LogP contribution in [0.5, 0.6) is 0 Å². The van der Waals surface area contributed by atoms with Gasteiger partial charge in [-0.05, 0) is 31.0 Å². The zero-order chi connectivity index (χ0) is 12.8. The van der Waals surface area contributed by atoms with E-state index in [1.54, 1.807) is 12.1 Å². The van der Waals surface area contributed by atoms with Crippen molar-refractivity contribution in [3.05, 3.63) is 29.8 Å². The van der Waals surface area contributed by atoms with E-state index in [0.717, 1.165) is 12.0 Å². The molecule has 0 aliphatic rings. The maximum absolute atomic E-state index is 11.6. The number of benzene rings is 1. The highest BCUT2D eigenvalue weighted by atomic mass is 32.2. The van der Waals surface area contributed by atoms with Crippen LogP contribution >= 0.6 is 0 Å². The highest BCUT2D eigenvalue weighted by molar-refractivity contribution is 7.80. The SMILES string of the molecule is CCc1ccc(S(=O)ONC(C)C(=O)O)cc1. The van der Waals surface area contributed by atoms with Gasteiger partial charge < -0.3 is 5.11 Å². The van der Waals surface area contributed by atoms with Gasteiger partial charge in [-0.3, -0.25) is 4.79 Å². The number of nitrogens with one attached hydrogen (secondary N) is 1. The third kappa shape index (κ3) is 4.26. The molecule has 0 saturated carbocycles. The summed E-state index contributed by atoms with van der Waals surface area (Å²) < 4.78 is 16.4. The fraction of sp³-hybridized carbons (Fsp3) is 0.364. The molecule has 0 aromatic heterocycles. The quantitative estimate of drug-likeness (QED) is 0.750. The van der Waals surface area contributed by atoms with Gasteiger partial charge in [-0.15, -0.1) is 0 Å². The fourth-order valence-corrected chi connectivity index (χ4v) is 1.74. The van der Waals surface area contributed by atoms with Crippen LogP contribution in [-0.2, 0) is 26.6 Å². The lowest BCUT2D eigenvalue weighted by Crippen LogP contribution is -2.34.